The lowest BCUT2D eigenvalue weighted by Gasteiger charge is -2.43. The average Bonchev–Trinajstić information content (AvgIpc) is 2.60. The van der Waals surface area contributed by atoms with Gasteiger partial charge in [0.2, 0.25) is 18.0 Å². The summed E-state index contributed by atoms with van der Waals surface area (Å²) in [4.78, 5) is 22.4. The van der Waals surface area contributed by atoms with Gasteiger partial charge in [0.1, 0.15) is 18.3 Å². The van der Waals surface area contributed by atoms with Gasteiger partial charge in [-0.1, -0.05) is 0 Å². The number of hydrogen-bond donors (Lipinski definition) is 7. The average molecular weight is 393 g/mol. The highest BCUT2D eigenvalue weighted by molar-refractivity contribution is 5.84. The van der Waals surface area contributed by atoms with Gasteiger partial charge in [-0.2, -0.15) is 0 Å². The van der Waals surface area contributed by atoms with Crippen LogP contribution in [0, 0.1) is 5.92 Å². The van der Waals surface area contributed by atoms with Gasteiger partial charge in [0.15, 0.2) is 6.29 Å². The molecule has 27 heavy (non-hydrogen) atoms. The van der Waals surface area contributed by atoms with Crippen LogP contribution >= 0.6 is 0 Å². The van der Waals surface area contributed by atoms with Crippen molar-refractivity contribution in [2.75, 3.05) is 13.2 Å². The first kappa shape index (κ1) is 21.5. The third kappa shape index (κ3) is 4.93. The van der Waals surface area contributed by atoms with E-state index < -0.39 is 79.8 Å². The fourth-order valence-corrected chi connectivity index (χ4v) is 2.92. The number of carbonyl (C=O) groups excluding carboxylic acids is 1. The Kier molecular flexibility index (Phi) is 7.11. The van der Waals surface area contributed by atoms with Crippen molar-refractivity contribution in [1.29, 1.82) is 0 Å². The van der Waals surface area contributed by atoms with Crippen molar-refractivity contribution in [2.45, 2.75) is 50.0 Å². The minimum absolute atomic E-state index is 0.426. The van der Waals surface area contributed by atoms with E-state index >= 15 is 0 Å². The molecule has 1 unspecified atom stereocenters. The Balaban J connectivity index is 2.12. The van der Waals surface area contributed by atoms with Gasteiger partial charge in [-0.25, -0.2) is 4.79 Å². The molecule has 8 atom stereocenters. The second-order valence-electron chi connectivity index (χ2n) is 6.27. The molecular formula is C15H23NO11. The number of aliphatic hydroxyl groups is 5. The van der Waals surface area contributed by atoms with Crippen molar-refractivity contribution < 1.29 is 54.4 Å². The fourth-order valence-electron chi connectivity index (χ4n) is 2.92. The van der Waals surface area contributed by atoms with Crippen molar-refractivity contribution in [3.05, 3.63) is 11.8 Å². The van der Waals surface area contributed by atoms with Crippen LogP contribution in [-0.4, -0.2) is 98.8 Å². The predicted octanol–water partition coefficient (Wildman–Crippen LogP) is -3.76. The number of ether oxygens (including phenoxy) is 3. The molecule has 0 bridgehead atoms. The molecule has 12 nitrogen and oxygen atoms in total. The largest absolute Gasteiger partial charge is 0.475 e. The van der Waals surface area contributed by atoms with Gasteiger partial charge in [0.05, 0.1) is 25.4 Å². The number of amides is 1. The molecule has 1 saturated heterocycles. The monoisotopic (exact) mass is 393 g/mol. The molecule has 2 aliphatic heterocycles. The lowest BCUT2D eigenvalue weighted by Crippen LogP contribution is -2.62. The van der Waals surface area contributed by atoms with Crippen molar-refractivity contribution in [3.8, 4) is 0 Å². The summed E-state index contributed by atoms with van der Waals surface area (Å²) in [5, 5.41) is 60.6. The maximum absolute atomic E-state index is 11.4. The van der Waals surface area contributed by atoms with E-state index in [1.807, 2.05) is 0 Å². The Morgan fingerprint density at radius 1 is 1.22 bits per heavy atom. The molecule has 0 spiro atoms. The molecule has 2 heterocycles. The zero-order valence-electron chi connectivity index (χ0n) is 14.3. The molecule has 0 aliphatic carbocycles. The van der Waals surface area contributed by atoms with Crippen molar-refractivity contribution in [2.24, 2.45) is 5.92 Å². The lowest BCUT2D eigenvalue weighted by atomic mass is 9.87. The highest BCUT2D eigenvalue weighted by atomic mass is 16.7. The Hall–Kier alpha value is -1.80. The quantitative estimate of drug-likeness (QED) is 0.234. The van der Waals surface area contributed by atoms with Crippen molar-refractivity contribution in [3.63, 3.8) is 0 Å². The van der Waals surface area contributed by atoms with E-state index in [0.29, 0.717) is 0 Å². The number of rotatable bonds is 6. The number of carboxylic acids is 1. The summed E-state index contributed by atoms with van der Waals surface area (Å²) in [6.45, 7) is 0.141. The molecule has 7 N–H and O–H groups in total. The van der Waals surface area contributed by atoms with E-state index in [2.05, 4.69) is 5.32 Å². The Morgan fingerprint density at radius 2 is 1.89 bits per heavy atom. The Morgan fingerprint density at radius 3 is 2.44 bits per heavy atom. The maximum Gasteiger partial charge on any atom is 0.371 e. The van der Waals surface area contributed by atoms with E-state index in [-0.39, 0.29) is 0 Å². The van der Waals surface area contributed by atoms with Gasteiger partial charge in [0.25, 0.3) is 0 Å². The zero-order valence-corrected chi connectivity index (χ0v) is 14.3. The highest BCUT2D eigenvalue weighted by Gasteiger charge is 2.46. The molecule has 2 aliphatic rings. The third-order valence-electron chi connectivity index (χ3n) is 4.31. The van der Waals surface area contributed by atoms with Crippen LogP contribution in [0.25, 0.3) is 0 Å². The number of aliphatic hydroxyl groups excluding tert-OH is 5. The van der Waals surface area contributed by atoms with Gasteiger partial charge in [-0.15, -0.1) is 0 Å². The first-order valence-electron chi connectivity index (χ1n) is 8.14. The smallest absolute Gasteiger partial charge is 0.371 e. The van der Waals surface area contributed by atoms with E-state index in [1.54, 1.807) is 0 Å². The lowest BCUT2D eigenvalue weighted by molar-refractivity contribution is -0.262. The number of hydrogen-bond acceptors (Lipinski definition) is 10. The maximum atomic E-state index is 11.4. The highest BCUT2D eigenvalue weighted by Crippen LogP contribution is 2.27. The standard InChI is InChI=1S/C15H23NO11/c1-5(18)16-10-6(11(20)9(3-17)26-14(10)24)4-25-15-12(21)7(19)2-8(27-15)13(22)23/h2,6-7,9-12,14-15,17,19-21,24H,3-4H2,1H3,(H,16,18)(H,22,23)/t6-,7+,9-,10-,11-,12+,14?,15-/m1/s1. The molecule has 0 aromatic heterocycles. The second kappa shape index (κ2) is 8.93. The molecule has 0 saturated carbocycles. The summed E-state index contributed by atoms with van der Waals surface area (Å²) in [7, 11) is 0. The minimum Gasteiger partial charge on any atom is -0.475 e. The summed E-state index contributed by atoms with van der Waals surface area (Å²) in [6.07, 6.45) is -8.01. The summed E-state index contributed by atoms with van der Waals surface area (Å²) in [5.74, 6) is -3.63. The molecule has 0 aromatic rings. The van der Waals surface area contributed by atoms with Crippen LogP contribution in [0.15, 0.2) is 11.8 Å². The summed E-state index contributed by atoms with van der Waals surface area (Å²) in [6, 6.07) is -1.11. The summed E-state index contributed by atoms with van der Waals surface area (Å²) in [5.41, 5.74) is 0. The van der Waals surface area contributed by atoms with Crippen LogP contribution in [-0.2, 0) is 23.8 Å². The first-order chi connectivity index (χ1) is 12.6. The summed E-state index contributed by atoms with van der Waals surface area (Å²) >= 11 is 0. The van der Waals surface area contributed by atoms with Gasteiger partial charge >= 0.3 is 5.97 Å². The topological polar surface area (TPSA) is 195 Å². The van der Waals surface area contributed by atoms with Crippen LogP contribution in [0.3, 0.4) is 0 Å². The van der Waals surface area contributed by atoms with Gasteiger partial charge in [-0.05, 0) is 6.08 Å². The Labute approximate surface area is 153 Å². The summed E-state index contributed by atoms with van der Waals surface area (Å²) < 4.78 is 15.3. The molecule has 0 aromatic carbocycles. The number of nitrogens with one attached hydrogen (secondary N) is 1. The number of aliphatic carboxylic acids is 1. The first-order valence-corrected chi connectivity index (χ1v) is 8.14. The fraction of sp³-hybridized carbons (Fsp3) is 0.733. The van der Waals surface area contributed by atoms with Crippen molar-refractivity contribution >= 4 is 11.9 Å². The normalized spacial score (nSPS) is 39.3. The molecule has 2 rings (SSSR count). The third-order valence-corrected chi connectivity index (χ3v) is 4.31. The molecule has 0 radical (unpaired) electrons. The van der Waals surface area contributed by atoms with Gasteiger partial charge < -0.3 is 50.2 Å². The van der Waals surface area contributed by atoms with Crippen LogP contribution in [0.1, 0.15) is 6.92 Å². The van der Waals surface area contributed by atoms with Crippen LogP contribution < -0.4 is 5.32 Å². The van der Waals surface area contributed by atoms with E-state index in [0.717, 1.165) is 6.08 Å². The number of carboxylic acid groups (broad SMARTS) is 1. The second-order valence-corrected chi connectivity index (χ2v) is 6.27. The molecule has 1 amide bonds. The molecule has 12 heteroatoms. The number of carbonyl (C=O) groups is 2. The molecular weight excluding hydrogens is 370 g/mol. The molecule has 1 fully saturated rings. The van der Waals surface area contributed by atoms with E-state index in [1.165, 1.54) is 6.92 Å². The van der Waals surface area contributed by atoms with E-state index in [4.69, 9.17) is 19.3 Å². The van der Waals surface area contributed by atoms with Crippen LogP contribution in [0.5, 0.6) is 0 Å². The van der Waals surface area contributed by atoms with Crippen LogP contribution in [0.2, 0.25) is 0 Å². The van der Waals surface area contributed by atoms with Crippen molar-refractivity contribution in [1.82, 2.24) is 5.32 Å². The zero-order chi connectivity index (χ0) is 20.3. The van der Waals surface area contributed by atoms with E-state index in [9.17, 15) is 35.1 Å². The van der Waals surface area contributed by atoms with Gasteiger partial charge in [-0.3, -0.25) is 4.79 Å². The minimum atomic E-state index is -1.61. The predicted molar refractivity (Wildman–Crippen MR) is 83.6 cm³/mol. The van der Waals surface area contributed by atoms with Crippen LogP contribution in [0.4, 0.5) is 0 Å². The SMILES string of the molecule is CC(=O)N[C@H]1C(O)O[C@H](CO)[C@H](O)[C@@H]1CO[C@@H]1OC(C(=O)O)=C[C@H](O)[C@@H]1O. The molecule has 154 valence electrons. The van der Waals surface area contributed by atoms with Gasteiger partial charge in [0, 0.05) is 12.8 Å². The Bertz CT molecular complexity index is 582.